The highest BCUT2D eigenvalue weighted by atomic mass is 16.6. The molecule has 4 nitrogen and oxygen atoms in total. The summed E-state index contributed by atoms with van der Waals surface area (Å²) in [5.41, 5.74) is -0.620. The van der Waals surface area contributed by atoms with Gasteiger partial charge >= 0.3 is 11.9 Å². The summed E-state index contributed by atoms with van der Waals surface area (Å²) in [4.78, 5) is 21.6. The molecule has 1 aliphatic rings. The highest BCUT2D eigenvalue weighted by molar-refractivity contribution is 5.90. The molecular weight excluding hydrogens is 196 g/mol. The molecule has 1 N–H and O–H groups in total. The number of hydrogen-bond acceptors (Lipinski definition) is 3. The second kappa shape index (κ2) is 4.96. The van der Waals surface area contributed by atoms with E-state index in [1.54, 1.807) is 6.08 Å². The maximum atomic E-state index is 11.2. The topological polar surface area (TPSA) is 63.6 Å². The van der Waals surface area contributed by atoms with Gasteiger partial charge in [0.05, 0.1) is 0 Å². The van der Waals surface area contributed by atoms with Crippen molar-refractivity contribution in [1.82, 2.24) is 0 Å². The molecule has 0 bridgehead atoms. The Kier molecular flexibility index (Phi) is 3.88. The van der Waals surface area contributed by atoms with E-state index in [0.29, 0.717) is 0 Å². The molecular formula is C11H16O4. The predicted octanol–water partition coefficient (Wildman–Crippen LogP) is 1.89. The fourth-order valence-electron chi connectivity index (χ4n) is 1.88. The van der Waals surface area contributed by atoms with Crippen molar-refractivity contribution in [3.63, 3.8) is 0 Å². The first-order valence-corrected chi connectivity index (χ1v) is 5.15. The normalized spacial score (nSPS) is 19.2. The minimum Gasteiger partial charge on any atom is -0.481 e. The maximum Gasteiger partial charge on any atom is 0.318 e. The van der Waals surface area contributed by atoms with Crippen LogP contribution in [0.1, 0.15) is 38.5 Å². The first-order valence-electron chi connectivity index (χ1n) is 5.15. The predicted molar refractivity (Wildman–Crippen MR) is 54.4 cm³/mol. The van der Waals surface area contributed by atoms with Crippen molar-refractivity contribution >= 4 is 11.9 Å². The lowest BCUT2D eigenvalue weighted by atomic mass is 9.85. The summed E-state index contributed by atoms with van der Waals surface area (Å²) < 4.78 is 5.20. The first kappa shape index (κ1) is 11.8. The Hall–Kier alpha value is -1.32. The third kappa shape index (κ3) is 3.38. The Morgan fingerprint density at radius 3 is 2.40 bits per heavy atom. The third-order valence-corrected chi connectivity index (χ3v) is 2.68. The lowest BCUT2D eigenvalue weighted by Crippen LogP contribution is -2.35. The SMILES string of the molecule is C=CC1(OC(=O)CC(=O)O)CCCCC1. The van der Waals surface area contributed by atoms with Gasteiger partial charge in [0.15, 0.2) is 0 Å². The molecule has 0 atom stereocenters. The van der Waals surface area contributed by atoms with Crippen LogP contribution in [0, 0.1) is 0 Å². The van der Waals surface area contributed by atoms with Crippen LogP contribution in [0.2, 0.25) is 0 Å². The van der Waals surface area contributed by atoms with Gasteiger partial charge in [0.25, 0.3) is 0 Å². The molecule has 0 saturated heterocycles. The van der Waals surface area contributed by atoms with E-state index in [4.69, 9.17) is 9.84 Å². The standard InChI is InChI=1S/C11H16O4/c1-2-11(6-4-3-5-7-11)15-10(14)8-9(12)13/h2H,1,3-8H2,(H,12,13). The summed E-state index contributed by atoms with van der Waals surface area (Å²) in [5, 5.41) is 8.44. The van der Waals surface area contributed by atoms with Crippen molar-refractivity contribution in [2.45, 2.75) is 44.1 Å². The van der Waals surface area contributed by atoms with Gasteiger partial charge in [-0.15, -0.1) is 0 Å². The van der Waals surface area contributed by atoms with Gasteiger partial charge in [0.2, 0.25) is 0 Å². The summed E-state index contributed by atoms with van der Waals surface area (Å²) >= 11 is 0. The van der Waals surface area contributed by atoms with Crippen LogP contribution >= 0.6 is 0 Å². The van der Waals surface area contributed by atoms with Crippen LogP contribution in [-0.4, -0.2) is 22.6 Å². The average molecular weight is 212 g/mol. The summed E-state index contributed by atoms with van der Waals surface area (Å²) in [6.07, 6.45) is 5.68. The van der Waals surface area contributed by atoms with Crippen LogP contribution in [0.5, 0.6) is 0 Å². The van der Waals surface area contributed by atoms with Gasteiger partial charge in [-0.3, -0.25) is 9.59 Å². The molecule has 0 aromatic heterocycles. The van der Waals surface area contributed by atoms with Crippen molar-refractivity contribution < 1.29 is 19.4 Å². The number of carboxylic acids is 1. The molecule has 84 valence electrons. The van der Waals surface area contributed by atoms with E-state index in [-0.39, 0.29) is 0 Å². The van der Waals surface area contributed by atoms with E-state index in [9.17, 15) is 9.59 Å². The van der Waals surface area contributed by atoms with Crippen LogP contribution in [0.15, 0.2) is 12.7 Å². The average Bonchev–Trinajstić information content (AvgIpc) is 2.17. The van der Waals surface area contributed by atoms with E-state index in [1.807, 2.05) is 0 Å². The molecule has 1 rings (SSSR count). The van der Waals surface area contributed by atoms with Crippen molar-refractivity contribution in [3.05, 3.63) is 12.7 Å². The van der Waals surface area contributed by atoms with E-state index in [2.05, 4.69) is 6.58 Å². The van der Waals surface area contributed by atoms with Gasteiger partial charge in [0.1, 0.15) is 12.0 Å². The number of hydrogen-bond donors (Lipinski definition) is 1. The third-order valence-electron chi connectivity index (χ3n) is 2.68. The highest BCUT2D eigenvalue weighted by Crippen LogP contribution is 2.32. The molecule has 0 unspecified atom stereocenters. The molecule has 1 saturated carbocycles. The van der Waals surface area contributed by atoms with E-state index in [1.165, 1.54) is 0 Å². The second-order valence-electron chi connectivity index (χ2n) is 3.87. The van der Waals surface area contributed by atoms with Crippen LogP contribution in [-0.2, 0) is 14.3 Å². The number of carbonyl (C=O) groups excluding carboxylic acids is 1. The monoisotopic (exact) mass is 212 g/mol. The molecule has 4 heteroatoms. The molecule has 1 fully saturated rings. The molecule has 0 aliphatic heterocycles. The van der Waals surface area contributed by atoms with Crippen LogP contribution in [0.3, 0.4) is 0 Å². The minimum atomic E-state index is -1.16. The van der Waals surface area contributed by atoms with Gasteiger partial charge < -0.3 is 9.84 Å². The number of aliphatic carboxylic acids is 1. The molecule has 0 radical (unpaired) electrons. The van der Waals surface area contributed by atoms with Gasteiger partial charge in [-0.1, -0.05) is 13.0 Å². The summed E-state index contributed by atoms with van der Waals surface area (Å²) in [5.74, 6) is -1.83. The number of carboxylic acid groups (broad SMARTS) is 1. The summed E-state index contributed by atoms with van der Waals surface area (Å²) in [6.45, 7) is 3.66. The van der Waals surface area contributed by atoms with Gasteiger partial charge in [-0.25, -0.2) is 0 Å². The Labute approximate surface area is 88.9 Å². The van der Waals surface area contributed by atoms with Gasteiger partial charge in [0, 0.05) is 0 Å². The van der Waals surface area contributed by atoms with Crippen LogP contribution < -0.4 is 0 Å². The second-order valence-corrected chi connectivity index (χ2v) is 3.87. The Bertz CT molecular complexity index is 264. The Morgan fingerprint density at radius 2 is 1.93 bits per heavy atom. The van der Waals surface area contributed by atoms with Crippen LogP contribution in [0.4, 0.5) is 0 Å². The van der Waals surface area contributed by atoms with Crippen molar-refractivity contribution in [3.8, 4) is 0 Å². The molecule has 0 heterocycles. The molecule has 15 heavy (non-hydrogen) atoms. The zero-order valence-corrected chi connectivity index (χ0v) is 8.70. The fraction of sp³-hybridized carbons (Fsp3) is 0.636. The minimum absolute atomic E-state index is 0.574. The van der Waals surface area contributed by atoms with E-state index >= 15 is 0 Å². The zero-order valence-electron chi connectivity index (χ0n) is 8.70. The molecule has 0 spiro atoms. The van der Waals surface area contributed by atoms with Crippen LogP contribution in [0.25, 0.3) is 0 Å². The van der Waals surface area contributed by atoms with Crippen molar-refractivity contribution in [1.29, 1.82) is 0 Å². The lowest BCUT2D eigenvalue weighted by molar-refractivity contribution is -0.161. The first-order chi connectivity index (χ1) is 7.08. The fourth-order valence-corrected chi connectivity index (χ4v) is 1.88. The highest BCUT2D eigenvalue weighted by Gasteiger charge is 2.33. The number of carbonyl (C=O) groups is 2. The largest absolute Gasteiger partial charge is 0.481 e. The van der Waals surface area contributed by atoms with E-state index < -0.39 is 24.0 Å². The van der Waals surface area contributed by atoms with Crippen molar-refractivity contribution in [2.75, 3.05) is 0 Å². The van der Waals surface area contributed by atoms with Gasteiger partial charge in [-0.05, 0) is 31.8 Å². The quantitative estimate of drug-likeness (QED) is 0.439. The maximum absolute atomic E-state index is 11.2. The molecule has 0 aromatic carbocycles. The molecule has 1 aliphatic carbocycles. The zero-order chi connectivity index (χ0) is 11.3. The molecule has 0 aromatic rings. The molecule has 0 amide bonds. The number of esters is 1. The summed E-state index contributed by atoms with van der Waals surface area (Å²) in [7, 11) is 0. The number of ether oxygens (including phenoxy) is 1. The van der Waals surface area contributed by atoms with Gasteiger partial charge in [-0.2, -0.15) is 0 Å². The smallest absolute Gasteiger partial charge is 0.318 e. The Balaban J connectivity index is 2.55. The van der Waals surface area contributed by atoms with Crippen molar-refractivity contribution in [2.24, 2.45) is 0 Å². The number of rotatable bonds is 4. The Morgan fingerprint density at radius 1 is 1.33 bits per heavy atom. The summed E-state index contributed by atoms with van der Waals surface area (Å²) in [6, 6.07) is 0. The van der Waals surface area contributed by atoms with E-state index in [0.717, 1.165) is 32.1 Å². The lowest BCUT2D eigenvalue weighted by Gasteiger charge is -2.33.